The third-order valence-electron chi connectivity index (χ3n) is 7.84. The molecule has 14 heteroatoms. The van der Waals surface area contributed by atoms with Gasteiger partial charge in [0.2, 0.25) is 0 Å². The highest BCUT2D eigenvalue weighted by molar-refractivity contribution is 5.82. The van der Waals surface area contributed by atoms with E-state index in [2.05, 4.69) is 5.32 Å². The number of nitrogens with one attached hydrogen (secondary N) is 1. The summed E-state index contributed by atoms with van der Waals surface area (Å²) in [6.45, 7) is 15.0. The highest BCUT2D eigenvalue weighted by atomic mass is 19.4. The Kier molecular flexibility index (Phi) is 16.1. The Morgan fingerprint density at radius 2 is 1.33 bits per heavy atom. The van der Waals surface area contributed by atoms with Crippen LogP contribution in [0.3, 0.4) is 0 Å². The van der Waals surface area contributed by atoms with Gasteiger partial charge in [-0.1, -0.05) is 41.5 Å². The quantitative estimate of drug-likeness (QED) is 0.0841. The molecule has 0 aliphatic rings. The molecule has 46 heavy (non-hydrogen) atoms. The summed E-state index contributed by atoms with van der Waals surface area (Å²) in [5.74, 6) is -3.41. The van der Waals surface area contributed by atoms with E-state index < -0.39 is 83.8 Å². The molecular formula is C32H55F6NO7. The van der Waals surface area contributed by atoms with E-state index >= 15 is 0 Å². The number of halogens is 6. The first-order valence-electron chi connectivity index (χ1n) is 15.6. The minimum absolute atomic E-state index is 0.0236. The van der Waals surface area contributed by atoms with Crippen molar-refractivity contribution in [3.63, 3.8) is 0 Å². The van der Waals surface area contributed by atoms with Crippen molar-refractivity contribution >= 4 is 17.9 Å². The van der Waals surface area contributed by atoms with Crippen LogP contribution in [0.15, 0.2) is 0 Å². The lowest BCUT2D eigenvalue weighted by Crippen LogP contribution is -2.49. The van der Waals surface area contributed by atoms with Gasteiger partial charge in [0.05, 0.1) is 29.9 Å². The molecule has 0 spiro atoms. The summed E-state index contributed by atoms with van der Waals surface area (Å²) in [4.78, 5) is 40.1. The second kappa shape index (κ2) is 16.8. The van der Waals surface area contributed by atoms with Crippen molar-refractivity contribution in [2.75, 3.05) is 19.8 Å². The first-order chi connectivity index (χ1) is 20.5. The summed E-state index contributed by atoms with van der Waals surface area (Å²) in [6, 6.07) is 0. The molecule has 0 saturated carbocycles. The second-order valence-corrected chi connectivity index (χ2v) is 14.8. The maximum atomic E-state index is 13.7. The van der Waals surface area contributed by atoms with Gasteiger partial charge in [-0.25, -0.2) is 0 Å². The van der Waals surface area contributed by atoms with Gasteiger partial charge in [0.15, 0.2) is 5.60 Å². The fourth-order valence-electron chi connectivity index (χ4n) is 4.94. The number of ether oxygens (including phenoxy) is 3. The lowest BCUT2D eigenvalue weighted by Gasteiger charge is -2.39. The molecule has 5 atom stereocenters. The van der Waals surface area contributed by atoms with E-state index in [-0.39, 0.29) is 44.1 Å². The van der Waals surface area contributed by atoms with E-state index in [0.29, 0.717) is 6.92 Å². The Labute approximate surface area is 269 Å². The molecule has 2 N–H and O–H groups in total. The van der Waals surface area contributed by atoms with E-state index in [9.17, 15) is 45.8 Å². The SMILES string of the molecule is CCC(C)(CC(C)(CC(C)C(=O)OCC(C)C)C(=O)OCC(C)(C)NCC(F)(F)F)C(=O)OC(CC(C)C)CC(C)(O)C(F)(F)F. The van der Waals surface area contributed by atoms with Gasteiger partial charge < -0.3 is 24.6 Å². The van der Waals surface area contributed by atoms with Gasteiger partial charge in [-0.15, -0.1) is 0 Å². The van der Waals surface area contributed by atoms with Crippen LogP contribution in [0.25, 0.3) is 0 Å². The van der Waals surface area contributed by atoms with Crippen LogP contribution in [0.5, 0.6) is 0 Å². The van der Waals surface area contributed by atoms with Crippen molar-refractivity contribution in [3.05, 3.63) is 0 Å². The Hall–Kier alpha value is -2.09. The third kappa shape index (κ3) is 15.2. The first-order valence-corrected chi connectivity index (χ1v) is 15.6. The molecule has 0 aromatic heterocycles. The Morgan fingerprint density at radius 3 is 1.76 bits per heavy atom. The van der Waals surface area contributed by atoms with E-state index in [1.807, 2.05) is 13.8 Å². The number of rotatable bonds is 19. The van der Waals surface area contributed by atoms with Gasteiger partial charge in [-0.05, 0) is 72.1 Å². The van der Waals surface area contributed by atoms with Crippen LogP contribution in [-0.4, -0.2) is 72.4 Å². The van der Waals surface area contributed by atoms with Crippen LogP contribution in [0.2, 0.25) is 0 Å². The fourth-order valence-corrected chi connectivity index (χ4v) is 4.94. The summed E-state index contributed by atoms with van der Waals surface area (Å²) in [7, 11) is 0. The van der Waals surface area contributed by atoms with Crippen LogP contribution < -0.4 is 5.32 Å². The van der Waals surface area contributed by atoms with Crippen LogP contribution in [0.1, 0.15) is 108 Å². The Bertz CT molecular complexity index is 996. The van der Waals surface area contributed by atoms with Crippen LogP contribution in [-0.2, 0) is 28.6 Å². The molecule has 0 aliphatic heterocycles. The predicted molar refractivity (Wildman–Crippen MR) is 160 cm³/mol. The summed E-state index contributed by atoms with van der Waals surface area (Å²) in [5, 5.41) is 12.4. The van der Waals surface area contributed by atoms with Gasteiger partial charge >= 0.3 is 30.3 Å². The molecule has 5 unspecified atom stereocenters. The molecule has 0 amide bonds. The van der Waals surface area contributed by atoms with Crippen molar-refractivity contribution in [2.45, 2.75) is 138 Å². The van der Waals surface area contributed by atoms with E-state index in [4.69, 9.17) is 14.2 Å². The standard InChI is InChI=1S/C32H55F6NO7/c1-12-28(9,26(42)46-23(13-20(2)3)15-30(11,43)32(36,37)38)17-29(10,14-22(6)24(40)44-16-21(4)5)25(41)45-19-27(7,8)39-18-31(33,34)35/h20-23,39,43H,12-19H2,1-11H3. The van der Waals surface area contributed by atoms with Crippen molar-refractivity contribution in [2.24, 2.45) is 28.6 Å². The van der Waals surface area contributed by atoms with E-state index in [0.717, 1.165) is 0 Å². The Morgan fingerprint density at radius 1 is 0.783 bits per heavy atom. The van der Waals surface area contributed by atoms with Gasteiger partial charge in [0.25, 0.3) is 0 Å². The molecular weight excluding hydrogens is 624 g/mol. The highest BCUT2D eigenvalue weighted by Crippen LogP contribution is 2.44. The van der Waals surface area contributed by atoms with Gasteiger partial charge in [-0.3, -0.25) is 14.4 Å². The largest absolute Gasteiger partial charge is 0.465 e. The molecule has 0 aromatic carbocycles. The molecule has 0 aromatic rings. The zero-order chi connectivity index (χ0) is 36.5. The zero-order valence-corrected chi connectivity index (χ0v) is 29.1. The van der Waals surface area contributed by atoms with Crippen molar-refractivity contribution in [1.29, 1.82) is 0 Å². The Balaban J connectivity index is 6.36. The molecule has 0 rings (SSSR count). The lowest BCUT2D eigenvalue weighted by atomic mass is 9.68. The number of esters is 3. The molecule has 0 saturated heterocycles. The maximum absolute atomic E-state index is 13.7. The molecule has 0 radical (unpaired) electrons. The highest BCUT2D eigenvalue weighted by Gasteiger charge is 2.52. The van der Waals surface area contributed by atoms with E-state index in [1.165, 1.54) is 34.6 Å². The summed E-state index contributed by atoms with van der Waals surface area (Å²) in [6.07, 6.45) is -12.0. The normalized spacial score (nSPS) is 18.3. The number of hydrogen-bond donors (Lipinski definition) is 2. The molecule has 8 nitrogen and oxygen atoms in total. The van der Waals surface area contributed by atoms with E-state index in [1.54, 1.807) is 20.8 Å². The molecule has 272 valence electrons. The van der Waals surface area contributed by atoms with Crippen molar-refractivity contribution in [1.82, 2.24) is 5.32 Å². The number of carbonyl (C=O) groups is 3. The van der Waals surface area contributed by atoms with Gasteiger partial charge in [0, 0.05) is 12.0 Å². The summed E-state index contributed by atoms with van der Waals surface area (Å²) >= 11 is 0. The second-order valence-electron chi connectivity index (χ2n) is 14.8. The number of alkyl halides is 6. The summed E-state index contributed by atoms with van der Waals surface area (Å²) < 4.78 is 95.3. The maximum Gasteiger partial charge on any atom is 0.417 e. The molecule has 0 bridgehead atoms. The van der Waals surface area contributed by atoms with Gasteiger partial charge in [-0.2, -0.15) is 26.3 Å². The average Bonchev–Trinajstić information content (AvgIpc) is 2.87. The molecule has 0 heterocycles. The lowest BCUT2D eigenvalue weighted by molar-refractivity contribution is -0.262. The van der Waals surface area contributed by atoms with Gasteiger partial charge in [0.1, 0.15) is 12.7 Å². The fraction of sp³-hybridized carbons (Fsp3) is 0.906. The minimum atomic E-state index is -4.98. The average molecular weight is 680 g/mol. The molecule has 0 aliphatic carbocycles. The smallest absolute Gasteiger partial charge is 0.417 e. The number of carbonyl (C=O) groups excluding carboxylic acids is 3. The predicted octanol–water partition coefficient (Wildman–Crippen LogP) is 7.16. The monoisotopic (exact) mass is 679 g/mol. The summed E-state index contributed by atoms with van der Waals surface area (Å²) in [5.41, 5.74) is -7.48. The number of hydrogen-bond acceptors (Lipinski definition) is 8. The first kappa shape index (κ1) is 43.9. The minimum Gasteiger partial charge on any atom is -0.465 e. The number of aliphatic hydroxyl groups is 1. The van der Waals surface area contributed by atoms with Crippen molar-refractivity contribution in [3.8, 4) is 0 Å². The topological polar surface area (TPSA) is 111 Å². The van der Waals surface area contributed by atoms with Crippen molar-refractivity contribution < 1.29 is 60.0 Å². The zero-order valence-electron chi connectivity index (χ0n) is 29.1. The van der Waals surface area contributed by atoms with Crippen LogP contribution in [0.4, 0.5) is 26.3 Å². The molecule has 0 fully saturated rings. The third-order valence-corrected chi connectivity index (χ3v) is 7.84. The van der Waals surface area contributed by atoms with Crippen LogP contribution >= 0.6 is 0 Å². The van der Waals surface area contributed by atoms with Crippen LogP contribution in [0, 0.1) is 28.6 Å².